The molecule has 0 amide bonds. The number of thioether (sulfide) groups is 1. The van der Waals surface area contributed by atoms with Gasteiger partial charge < -0.3 is 5.73 Å². The van der Waals surface area contributed by atoms with E-state index in [1.807, 2.05) is 6.07 Å². The molecule has 0 radical (unpaired) electrons. The first-order valence-electron chi connectivity index (χ1n) is 3.57. The van der Waals surface area contributed by atoms with E-state index in [-0.39, 0.29) is 5.12 Å². The highest BCUT2D eigenvalue weighted by Gasteiger charge is 2.09. The summed E-state index contributed by atoms with van der Waals surface area (Å²) < 4.78 is 0. The number of carbonyl (C=O) groups excluding carboxylic acids is 1. The number of carbonyl (C=O) groups is 1. The Hall–Kier alpha value is -1.47. The molecule has 1 rings (SSSR count). The normalized spacial score (nSPS) is 9.23. The van der Waals surface area contributed by atoms with Crippen LogP contribution in [-0.4, -0.2) is 11.4 Å². The van der Waals surface area contributed by atoms with E-state index in [2.05, 4.69) is 0 Å². The maximum Gasteiger partial charge on any atom is 0.220 e. The lowest BCUT2D eigenvalue weighted by molar-refractivity contribution is 0.108. The summed E-state index contributed by atoms with van der Waals surface area (Å²) in [5, 5.41) is 8.57. The summed E-state index contributed by atoms with van der Waals surface area (Å²) in [6, 6.07) is 6.63. The molecule has 0 atom stereocenters. The third kappa shape index (κ3) is 2.01. The number of hydrogen-bond acceptors (Lipinski definition) is 4. The van der Waals surface area contributed by atoms with Crippen LogP contribution >= 0.6 is 11.8 Å². The standard InChI is InChI=1S/C9H8N2OS/c1-13-9(12)8-4-7(11)3-2-6(8)5-10/h2-4H,11H2,1H3. The van der Waals surface area contributed by atoms with Crippen molar-refractivity contribution in [2.75, 3.05) is 12.0 Å². The van der Waals surface area contributed by atoms with Gasteiger partial charge in [0.25, 0.3) is 0 Å². The van der Waals surface area contributed by atoms with Gasteiger partial charge in [-0.25, -0.2) is 0 Å². The van der Waals surface area contributed by atoms with Gasteiger partial charge in [0.2, 0.25) is 5.12 Å². The monoisotopic (exact) mass is 192 g/mol. The van der Waals surface area contributed by atoms with Crippen molar-refractivity contribution < 1.29 is 4.79 Å². The summed E-state index contributed by atoms with van der Waals surface area (Å²) in [4.78, 5) is 11.3. The molecule has 0 fully saturated rings. The van der Waals surface area contributed by atoms with Crippen molar-refractivity contribution in [3.63, 3.8) is 0 Å². The van der Waals surface area contributed by atoms with Gasteiger partial charge in [-0.2, -0.15) is 5.26 Å². The Labute approximate surface area is 80.5 Å². The molecule has 0 aromatic heterocycles. The molecular formula is C9H8N2OS. The Morgan fingerprint density at radius 1 is 1.62 bits per heavy atom. The number of nitrogen functional groups attached to an aromatic ring is 1. The predicted molar refractivity (Wildman–Crippen MR) is 53.4 cm³/mol. The second-order valence-corrected chi connectivity index (χ2v) is 3.19. The van der Waals surface area contributed by atoms with Crippen molar-refractivity contribution in [2.45, 2.75) is 0 Å². The molecular weight excluding hydrogens is 184 g/mol. The van der Waals surface area contributed by atoms with Gasteiger partial charge in [0.05, 0.1) is 11.6 Å². The lowest BCUT2D eigenvalue weighted by Crippen LogP contribution is -1.98. The van der Waals surface area contributed by atoms with Crippen LogP contribution < -0.4 is 5.73 Å². The molecule has 1 aromatic rings. The van der Waals surface area contributed by atoms with Crippen LogP contribution in [0.4, 0.5) is 5.69 Å². The largest absolute Gasteiger partial charge is 0.399 e. The highest BCUT2D eigenvalue weighted by Crippen LogP contribution is 2.17. The van der Waals surface area contributed by atoms with Crippen LogP contribution in [-0.2, 0) is 0 Å². The van der Waals surface area contributed by atoms with E-state index in [1.54, 1.807) is 18.4 Å². The molecule has 13 heavy (non-hydrogen) atoms. The molecule has 0 aliphatic carbocycles. The molecule has 0 unspecified atom stereocenters. The number of nitrogens with zero attached hydrogens (tertiary/aromatic N) is 1. The van der Waals surface area contributed by atoms with Crippen molar-refractivity contribution in [3.05, 3.63) is 29.3 Å². The van der Waals surface area contributed by atoms with E-state index in [1.165, 1.54) is 6.07 Å². The molecule has 66 valence electrons. The molecule has 0 aliphatic heterocycles. The van der Waals surface area contributed by atoms with Crippen LogP contribution in [0, 0.1) is 11.3 Å². The minimum absolute atomic E-state index is 0.135. The van der Waals surface area contributed by atoms with Crippen molar-refractivity contribution >= 4 is 22.6 Å². The fourth-order valence-electron chi connectivity index (χ4n) is 0.938. The molecule has 1 aromatic carbocycles. The van der Waals surface area contributed by atoms with Gasteiger partial charge in [-0.15, -0.1) is 0 Å². The number of benzene rings is 1. The summed E-state index contributed by atoms with van der Waals surface area (Å²) in [5.74, 6) is 0. The zero-order chi connectivity index (χ0) is 9.84. The van der Waals surface area contributed by atoms with Gasteiger partial charge in [0, 0.05) is 11.3 Å². The van der Waals surface area contributed by atoms with Gasteiger partial charge in [-0.05, 0) is 24.5 Å². The Morgan fingerprint density at radius 3 is 2.85 bits per heavy atom. The number of nitrogens with two attached hydrogens (primary N) is 1. The molecule has 0 saturated carbocycles. The summed E-state index contributed by atoms with van der Waals surface area (Å²) in [6.07, 6.45) is 1.67. The van der Waals surface area contributed by atoms with E-state index in [4.69, 9.17) is 11.0 Å². The van der Waals surface area contributed by atoms with Crippen LogP contribution in [0.5, 0.6) is 0 Å². The zero-order valence-corrected chi connectivity index (χ0v) is 7.89. The van der Waals surface area contributed by atoms with Gasteiger partial charge in [-0.1, -0.05) is 11.8 Å². The quantitative estimate of drug-likeness (QED) is 0.687. The fourth-order valence-corrected chi connectivity index (χ4v) is 1.33. The summed E-state index contributed by atoms with van der Waals surface area (Å²) in [7, 11) is 0. The Kier molecular flexibility index (Phi) is 2.93. The van der Waals surface area contributed by atoms with Crippen LogP contribution in [0.3, 0.4) is 0 Å². The third-order valence-corrected chi connectivity index (χ3v) is 2.16. The average Bonchev–Trinajstić information content (AvgIpc) is 2.16. The minimum atomic E-state index is -0.135. The molecule has 3 nitrogen and oxygen atoms in total. The van der Waals surface area contributed by atoms with Crippen molar-refractivity contribution in [1.82, 2.24) is 0 Å². The number of anilines is 1. The summed E-state index contributed by atoms with van der Waals surface area (Å²) in [6.45, 7) is 0. The van der Waals surface area contributed by atoms with Crippen LogP contribution in [0.2, 0.25) is 0 Å². The first-order chi connectivity index (χ1) is 6.19. The van der Waals surface area contributed by atoms with E-state index >= 15 is 0 Å². The number of nitriles is 1. The average molecular weight is 192 g/mol. The highest BCUT2D eigenvalue weighted by molar-refractivity contribution is 8.13. The maximum absolute atomic E-state index is 11.3. The lowest BCUT2D eigenvalue weighted by atomic mass is 10.1. The molecule has 0 saturated heterocycles. The van der Waals surface area contributed by atoms with E-state index in [9.17, 15) is 4.79 Å². The Bertz CT molecular complexity index is 382. The highest BCUT2D eigenvalue weighted by atomic mass is 32.2. The van der Waals surface area contributed by atoms with E-state index < -0.39 is 0 Å². The second-order valence-electron chi connectivity index (χ2n) is 2.41. The molecule has 0 bridgehead atoms. The van der Waals surface area contributed by atoms with Crippen LogP contribution in [0.25, 0.3) is 0 Å². The van der Waals surface area contributed by atoms with Crippen LogP contribution in [0.15, 0.2) is 18.2 Å². The third-order valence-electron chi connectivity index (χ3n) is 1.57. The number of rotatable bonds is 1. The summed E-state index contributed by atoms with van der Waals surface area (Å²) >= 11 is 1.07. The Balaban J connectivity index is 3.25. The predicted octanol–water partition coefficient (Wildman–Crippen LogP) is 1.64. The minimum Gasteiger partial charge on any atom is -0.399 e. The van der Waals surface area contributed by atoms with E-state index in [0.717, 1.165) is 11.8 Å². The molecule has 0 aliphatic rings. The Morgan fingerprint density at radius 2 is 2.31 bits per heavy atom. The molecule has 0 heterocycles. The molecule has 0 spiro atoms. The second kappa shape index (κ2) is 3.97. The first kappa shape index (κ1) is 9.62. The molecule has 4 heteroatoms. The van der Waals surface area contributed by atoms with Crippen LogP contribution in [0.1, 0.15) is 15.9 Å². The first-order valence-corrected chi connectivity index (χ1v) is 4.79. The fraction of sp³-hybridized carbons (Fsp3) is 0.111. The van der Waals surface area contributed by atoms with E-state index in [0.29, 0.717) is 16.8 Å². The SMILES string of the molecule is CSC(=O)c1cc(N)ccc1C#N. The van der Waals surface area contributed by atoms with Gasteiger partial charge in [-0.3, -0.25) is 4.79 Å². The smallest absolute Gasteiger partial charge is 0.220 e. The van der Waals surface area contributed by atoms with Gasteiger partial charge in [0.1, 0.15) is 0 Å². The van der Waals surface area contributed by atoms with Gasteiger partial charge >= 0.3 is 0 Å². The van der Waals surface area contributed by atoms with Crippen molar-refractivity contribution in [1.29, 1.82) is 5.26 Å². The van der Waals surface area contributed by atoms with Crippen molar-refractivity contribution in [2.24, 2.45) is 0 Å². The van der Waals surface area contributed by atoms with Gasteiger partial charge in [0.15, 0.2) is 0 Å². The zero-order valence-electron chi connectivity index (χ0n) is 7.07. The summed E-state index contributed by atoms with van der Waals surface area (Å²) in [5.41, 5.74) is 6.75. The lowest BCUT2D eigenvalue weighted by Gasteiger charge is -2.01. The molecule has 2 N–H and O–H groups in total. The maximum atomic E-state index is 11.3. The van der Waals surface area contributed by atoms with Crippen molar-refractivity contribution in [3.8, 4) is 6.07 Å². The topological polar surface area (TPSA) is 66.9 Å². The number of hydrogen-bond donors (Lipinski definition) is 1.